The minimum Gasteiger partial charge on any atom is -0.370 e. The maximum Gasteiger partial charge on any atom is 0.193 e. The molecule has 0 unspecified atom stereocenters. The van der Waals surface area contributed by atoms with Gasteiger partial charge in [0.1, 0.15) is 0 Å². The van der Waals surface area contributed by atoms with E-state index >= 15 is 0 Å². The quantitative estimate of drug-likeness (QED) is 0.671. The lowest BCUT2D eigenvalue weighted by molar-refractivity contribution is 0.112. The molecule has 0 atom stereocenters. The first kappa shape index (κ1) is 16.5. The topological polar surface area (TPSA) is 53.6 Å². The number of nitrogens with two attached hydrogens (primary N) is 1. The number of rotatable bonds is 4. The van der Waals surface area contributed by atoms with Crippen molar-refractivity contribution in [2.24, 2.45) is 10.7 Å². The highest BCUT2D eigenvalue weighted by Gasteiger charge is 2.29. The molecule has 0 saturated heterocycles. The zero-order chi connectivity index (χ0) is 17.0. The Kier molecular flexibility index (Phi) is 4.86. The van der Waals surface area contributed by atoms with Gasteiger partial charge in [0.15, 0.2) is 5.96 Å². The normalized spacial score (nSPS) is 15.8. The van der Waals surface area contributed by atoms with Gasteiger partial charge in [-0.3, -0.25) is 9.89 Å². The number of benzene rings is 2. The second-order valence-electron chi connectivity index (χ2n) is 6.95. The molecule has 0 aromatic heterocycles. The third-order valence-corrected chi connectivity index (χ3v) is 4.67. The molecule has 0 saturated carbocycles. The molecule has 3 rings (SSSR count). The second kappa shape index (κ2) is 7.05. The van der Waals surface area contributed by atoms with Crippen LogP contribution in [0.15, 0.2) is 59.6 Å². The third-order valence-electron chi connectivity index (χ3n) is 4.67. The lowest BCUT2D eigenvalue weighted by Gasteiger charge is -2.40. The number of fused-ring (bicyclic) bond motifs is 1. The molecule has 0 spiro atoms. The van der Waals surface area contributed by atoms with Crippen molar-refractivity contribution < 1.29 is 0 Å². The van der Waals surface area contributed by atoms with Crippen molar-refractivity contribution in [2.75, 3.05) is 18.4 Å². The number of aliphatic imine (C=N–C) groups is 1. The molecule has 1 heterocycles. The Bertz CT molecular complexity index is 707. The summed E-state index contributed by atoms with van der Waals surface area (Å²) in [5.74, 6) is 0.465. The van der Waals surface area contributed by atoms with Gasteiger partial charge in [-0.15, -0.1) is 0 Å². The standard InChI is InChI=1S/C20H26N4/c1-20(2,15-22-19(21)23-18-10-4-3-5-11-18)24-13-12-16-8-6-7-9-17(16)14-24/h3-11H,12-15H2,1-2H3,(H3,21,22,23). The Morgan fingerprint density at radius 3 is 2.50 bits per heavy atom. The molecule has 0 radical (unpaired) electrons. The number of para-hydroxylation sites is 1. The molecule has 0 aliphatic carbocycles. The summed E-state index contributed by atoms with van der Waals surface area (Å²) in [7, 11) is 0. The van der Waals surface area contributed by atoms with Crippen LogP contribution >= 0.6 is 0 Å². The Morgan fingerprint density at radius 2 is 1.75 bits per heavy atom. The molecule has 126 valence electrons. The van der Waals surface area contributed by atoms with Crippen LogP contribution in [-0.4, -0.2) is 29.5 Å². The van der Waals surface area contributed by atoms with Crippen molar-refractivity contribution in [1.29, 1.82) is 0 Å². The van der Waals surface area contributed by atoms with Crippen LogP contribution in [-0.2, 0) is 13.0 Å². The van der Waals surface area contributed by atoms with Crippen molar-refractivity contribution in [3.63, 3.8) is 0 Å². The Hall–Kier alpha value is -2.33. The van der Waals surface area contributed by atoms with Crippen molar-refractivity contribution in [1.82, 2.24) is 4.90 Å². The van der Waals surface area contributed by atoms with Crippen LogP contribution in [0.3, 0.4) is 0 Å². The van der Waals surface area contributed by atoms with E-state index in [2.05, 4.69) is 53.3 Å². The lowest BCUT2D eigenvalue weighted by Crippen LogP contribution is -2.49. The van der Waals surface area contributed by atoms with Crippen molar-refractivity contribution in [3.8, 4) is 0 Å². The first-order valence-electron chi connectivity index (χ1n) is 8.48. The molecular weight excluding hydrogens is 296 g/mol. The molecule has 4 nitrogen and oxygen atoms in total. The molecule has 0 bridgehead atoms. The van der Waals surface area contributed by atoms with Gasteiger partial charge in [-0.05, 0) is 43.5 Å². The van der Waals surface area contributed by atoms with Crippen molar-refractivity contribution in [3.05, 3.63) is 65.7 Å². The van der Waals surface area contributed by atoms with E-state index < -0.39 is 0 Å². The number of hydrogen-bond donors (Lipinski definition) is 2. The molecule has 3 N–H and O–H groups in total. The van der Waals surface area contributed by atoms with Crippen molar-refractivity contribution >= 4 is 11.6 Å². The Morgan fingerprint density at radius 1 is 1.08 bits per heavy atom. The molecule has 0 amide bonds. The molecule has 0 fully saturated rings. The van der Waals surface area contributed by atoms with E-state index in [1.807, 2.05) is 30.3 Å². The first-order valence-corrected chi connectivity index (χ1v) is 8.48. The van der Waals surface area contributed by atoms with E-state index in [0.29, 0.717) is 12.5 Å². The summed E-state index contributed by atoms with van der Waals surface area (Å²) >= 11 is 0. The lowest BCUT2D eigenvalue weighted by atomic mass is 9.94. The predicted octanol–water partition coefficient (Wildman–Crippen LogP) is 3.25. The first-order chi connectivity index (χ1) is 11.5. The highest BCUT2D eigenvalue weighted by atomic mass is 15.2. The van der Waals surface area contributed by atoms with E-state index in [1.54, 1.807) is 0 Å². The van der Waals surface area contributed by atoms with E-state index in [0.717, 1.165) is 25.2 Å². The Labute approximate surface area is 144 Å². The molecule has 4 heteroatoms. The van der Waals surface area contributed by atoms with Gasteiger partial charge in [-0.1, -0.05) is 42.5 Å². The SMILES string of the molecule is CC(C)(CN=C(N)Nc1ccccc1)N1CCc2ccccc2C1. The maximum atomic E-state index is 6.04. The maximum absolute atomic E-state index is 6.04. The van der Waals surface area contributed by atoms with Gasteiger partial charge in [-0.2, -0.15) is 0 Å². The zero-order valence-corrected chi connectivity index (χ0v) is 14.5. The number of anilines is 1. The van der Waals surface area contributed by atoms with Crippen LogP contribution in [0.2, 0.25) is 0 Å². The highest BCUT2D eigenvalue weighted by molar-refractivity contribution is 5.92. The summed E-state index contributed by atoms with van der Waals surface area (Å²) in [5.41, 5.74) is 9.87. The summed E-state index contributed by atoms with van der Waals surface area (Å²) in [4.78, 5) is 7.06. The number of guanidine groups is 1. The van der Waals surface area contributed by atoms with Gasteiger partial charge in [0, 0.05) is 24.3 Å². The smallest absolute Gasteiger partial charge is 0.193 e. The Balaban J connectivity index is 1.62. The highest BCUT2D eigenvalue weighted by Crippen LogP contribution is 2.25. The minimum atomic E-state index is -0.0312. The van der Waals surface area contributed by atoms with E-state index in [9.17, 15) is 0 Å². The van der Waals surface area contributed by atoms with Gasteiger partial charge >= 0.3 is 0 Å². The van der Waals surface area contributed by atoms with Crippen LogP contribution in [0.1, 0.15) is 25.0 Å². The van der Waals surface area contributed by atoms with Gasteiger partial charge in [0.05, 0.1) is 6.54 Å². The van der Waals surface area contributed by atoms with Crippen LogP contribution in [0.25, 0.3) is 0 Å². The van der Waals surface area contributed by atoms with E-state index in [1.165, 1.54) is 11.1 Å². The molecule has 2 aromatic carbocycles. The molecule has 24 heavy (non-hydrogen) atoms. The molecular formula is C20H26N4. The molecule has 2 aromatic rings. The van der Waals surface area contributed by atoms with Gasteiger partial charge in [-0.25, -0.2) is 0 Å². The fourth-order valence-corrected chi connectivity index (χ4v) is 3.10. The van der Waals surface area contributed by atoms with Crippen LogP contribution in [0, 0.1) is 0 Å². The number of hydrogen-bond acceptors (Lipinski definition) is 2. The number of nitrogens with zero attached hydrogens (tertiary/aromatic N) is 2. The summed E-state index contributed by atoms with van der Waals surface area (Å²) in [5, 5.41) is 3.14. The van der Waals surface area contributed by atoms with Crippen molar-refractivity contribution in [2.45, 2.75) is 32.4 Å². The van der Waals surface area contributed by atoms with E-state index in [4.69, 9.17) is 5.73 Å². The number of nitrogens with one attached hydrogen (secondary N) is 1. The summed E-state index contributed by atoms with van der Waals surface area (Å²) in [6, 6.07) is 18.6. The average molecular weight is 322 g/mol. The molecule has 1 aliphatic heterocycles. The summed E-state index contributed by atoms with van der Waals surface area (Å²) < 4.78 is 0. The third kappa shape index (κ3) is 3.95. The second-order valence-corrected chi connectivity index (χ2v) is 6.95. The monoisotopic (exact) mass is 322 g/mol. The predicted molar refractivity (Wildman–Crippen MR) is 101 cm³/mol. The van der Waals surface area contributed by atoms with E-state index in [-0.39, 0.29) is 5.54 Å². The summed E-state index contributed by atoms with van der Waals surface area (Å²) in [6.45, 7) is 7.18. The van der Waals surface area contributed by atoms with Crippen LogP contribution < -0.4 is 11.1 Å². The summed E-state index contributed by atoms with van der Waals surface area (Å²) in [6.07, 6.45) is 1.10. The van der Waals surface area contributed by atoms with Crippen LogP contribution in [0.5, 0.6) is 0 Å². The fourth-order valence-electron chi connectivity index (χ4n) is 3.10. The van der Waals surface area contributed by atoms with Gasteiger partial charge in [0.25, 0.3) is 0 Å². The average Bonchev–Trinajstić information content (AvgIpc) is 2.60. The van der Waals surface area contributed by atoms with Gasteiger partial charge in [0.2, 0.25) is 0 Å². The minimum absolute atomic E-state index is 0.0312. The molecule has 1 aliphatic rings. The van der Waals surface area contributed by atoms with Crippen LogP contribution in [0.4, 0.5) is 5.69 Å². The van der Waals surface area contributed by atoms with Gasteiger partial charge < -0.3 is 11.1 Å². The zero-order valence-electron chi connectivity index (χ0n) is 14.5. The fraction of sp³-hybridized carbons (Fsp3) is 0.350. The largest absolute Gasteiger partial charge is 0.370 e.